The summed E-state index contributed by atoms with van der Waals surface area (Å²) in [4.78, 5) is 36.8. The van der Waals surface area contributed by atoms with E-state index in [1.807, 2.05) is 32.0 Å². The Hall–Kier alpha value is -4.33. The van der Waals surface area contributed by atoms with Gasteiger partial charge in [-0.1, -0.05) is 30.3 Å². The van der Waals surface area contributed by atoms with Crippen molar-refractivity contribution in [3.63, 3.8) is 0 Å². The molecule has 32 heavy (non-hydrogen) atoms. The normalized spacial score (nSPS) is 10.2. The molecule has 0 saturated heterocycles. The first kappa shape index (κ1) is 22.4. The van der Waals surface area contributed by atoms with E-state index < -0.39 is 0 Å². The van der Waals surface area contributed by atoms with Crippen LogP contribution < -0.4 is 26.6 Å². The average Bonchev–Trinajstić information content (AvgIpc) is 2.75. The number of para-hydroxylation sites is 2. The van der Waals surface area contributed by atoms with Crippen LogP contribution in [-0.2, 0) is 0 Å². The minimum Gasteiger partial charge on any atom is -0.336 e. The fraction of sp³-hybridized carbons (Fsp3) is 0.125. The van der Waals surface area contributed by atoms with Gasteiger partial charge in [0, 0.05) is 23.1 Å². The van der Waals surface area contributed by atoms with Crippen LogP contribution in [0.4, 0.5) is 32.3 Å². The second-order valence-electron chi connectivity index (χ2n) is 7.28. The summed E-state index contributed by atoms with van der Waals surface area (Å²) in [6.07, 6.45) is 0. The molecule has 0 aliphatic rings. The predicted octanol–water partition coefficient (Wildman–Crippen LogP) is 5.11. The standard InChI is InChI=1S/C24H25N5O3/c1-16(2)25-23(31)29-21-11-7-6-10-20(21)22(30)26-18-12-14-19(15-13-18)28-24(32)27-17-8-4-3-5-9-17/h3-16H,1-2H3,(H,26,30)(H2,25,29,31)(H2,27,28,32). The highest BCUT2D eigenvalue weighted by Crippen LogP contribution is 2.19. The van der Waals surface area contributed by atoms with E-state index in [1.165, 1.54) is 0 Å². The molecule has 8 heteroatoms. The molecule has 0 atom stereocenters. The number of hydrogen-bond donors (Lipinski definition) is 5. The van der Waals surface area contributed by atoms with E-state index in [-0.39, 0.29) is 24.0 Å². The van der Waals surface area contributed by atoms with E-state index in [4.69, 9.17) is 0 Å². The second kappa shape index (κ2) is 10.6. The van der Waals surface area contributed by atoms with Crippen LogP contribution in [0.15, 0.2) is 78.9 Å². The molecule has 5 N–H and O–H groups in total. The Balaban J connectivity index is 1.60. The van der Waals surface area contributed by atoms with Gasteiger partial charge in [-0.05, 0) is 62.4 Å². The van der Waals surface area contributed by atoms with Crippen molar-refractivity contribution in [1.29, 1.82) is 0 Å². The Morgan fingerprint density at radius 3 is 1.75 bits per heavy atom. The Kier molecular flexibility index (Phi) is 7.42. The van der Waals surface area contributed by atoms with Gasteiger partial charge in [0.1, 0.15) is 0 Å². The van der Waals surface area contributed by atoms with Crippen molar-refractivity contribution >= 4 is 40.7 Å². The number of hydrogen-bond acceptors (Lipinski definition) is 3. The number of rotatable bonds is 6. The molecular formula is C24H25N5O3. The predicted molar refractivity (Wildman–Crippen MR) is 127 cm³/mol. The maximum absolute atomic E-state index is 12.7. The molecule has 3 aromatic rings. The number of amides is 5. The SMILES string of the molecule is CC(C)NC(=O)Nc1ccccc1C(=O)Nc1ccc(NC(=O)Nc2ccccc2)cc1. The van der Waals surface area contributed by atoms with Crippen molar-refractivity contribution in [3.8, 4) is 0 Å². The molecule has 0 spiro atoms. The molecule has 3 aromatic carbocycles. The molecule has 0 radical (unpaired) electrons. The Morgan fingerprint density at radius 1 is 0.594 bits per heavy atom. The quantitative estimate of drug-likeness (QED) is 0.374. The van der Waals surface area contributed by atoms with Gasteiger partial charge in [-0.15, -0.1) is 0 Å². The zero-order valence-electron chi connectivity index (χ0n) is 17.8. The van der Waals surface area contributed by atoms with E-state index in [1.54, 1.807) is 60.7 Å². The molecule has 0 unspecified atom stereocenters. The van der Waals surface area contributed by atoms with Crippen molar-refractivity contribution in [3.05, 3.63) is 84.4 Å². The van der Waals surface area contributed by atoms with E-state index in [9.17, 15) is 14.4 Å². The maximum Gasteiger partial charge on any atom is 0.323 e. The summed E-state index contributed by atoms with van der Waals surface area (Å²) in [7, 11) is 0. The molecule has 0 fully saturated rings. The van der Waals surface area contributed by atoms with Crippen LogP contribution in [0.25, 0.3) is 0 Å². The van der Waals surface area contributed by atoms with Gasteiger partial charge in [0.05, 0.1) is 11.3 Å². The van der Waals surface area contributed by atoms with Crippen molar-refractivity contribution in [2.45, 2.75) is 19.9 Å². The second-order valence-corrected chi connectivity index (χ2v) is 7.28. The number of carbonyl (C=O) groups excluding carboxylic acids is 3. The van der Waals surface area contributed by atoms with Gasteiger partial charge in [0.2, 0.25) is 0 Å². The molecule has 0 saturated carbocycles. The van der Waals surface area contributed by atoms with E-state index in [0.717, 1.165) is 0 Å². The van der Waals surface area contributed by atoms with Crippen molar-refractivity contribution < 1.29 is 14.4 Å². The van der Waals surface area contributed by atoms with Crippen LogP contribution in [0.3, 0.4) is 0 Å². The van der Waals surface area contributed by atoms with Crippen molar-refractivity contribution in [2.75, 3.05) is 21.3 Å². The molecule has 0 aliphatic carbocycles. The molecule has 5 amide bonds. The largest absolute Gasteiger partial charge is 0.336 e. The van der Waals surface area contributed by atoms with Crippen molar-refractivity contribution in [2.24, 2.45) is 0 Å². The Labute approximate surface area is 186 Å². The summed E-state index contributed by atoms with van der Waals surface area (Å²) in [5, 5.41) is 13.7. The number of nitrogens with one attached hydrogen (secondary N) is 5. The third-order valence-corrected chi connectivity index (χ3v) is 4.27. The van der Waals surface area contributed by atoms with Crippen LogP contribution in [-0.4, -0.2) is 24.0 Å². The van der Waals surface area contributed by atoms with Gasteiger partial charge >= 0.3 is 12.1 Å². The molecule has 164 valence electrons. The fourth-order valence-corrected chi connectivity index (χ4v) is 2.86. The van der Waals surface area contributed by atoms with Crippen LogP contribution in [0, 0.1) is 0 Å². The number of benzene rings is 3. The lowest BCUT2D eigenvalue weighted by Crippen LogP contribution is -2.34. The molecular weight excluding hydrogens is 406 g/mol. The lowest BCUT2D eigenvalue weighted by Gasteiger charge is -2.14. The number of urea groups is 2. The summed E-state index contributed by atoms with van der Waals surface area (Å²) >= 11 is 0. The highest BCUT2D eigenvalue weighted by molar-refractivity contribution is 6.10. The van der Waals surface area contributed by atoms with E-state index >= 15 is 0 Å². The minimum absolute atomic E-state index is 0.0297. The van der Waals surface area contributed by atoms with Crippen LogP contribution >= 0.6 is 0 Å². The van der Waals surface area contributed by atoms with Gasteiger partial charge in [-0.25, -0.2) is 9.59 Å². The maximum atomic E-state index is 12.7. The van der Waals surface area contributed by atoms with Gasteiger partial charge in [0.15, 0.2) is 0 Å². The van der Waals surface area contributed by atoms with Crippen LogP contribution in [0.5, 0.6) is 0 Å². The summed E-state index contributed by atoms with van der Waals surface area (Å²) in [6, 6.07) is 21.8. The Bertz CT molecular complexity index is 1080. The smallest absolute Gasteiger partial charge is 0.323 e. The molecule has 8 nitrogen and oxygen atoms in total. The highest BCUT2D eigenvalue weighted by Gasteiger charge is 2.14. The zero-order valence-corrected chi connectivity index (χ0v) is 17.8. The summed E-state index contributed by atoms with van der Waals surface area (Å²) in [5.74, 6) is -0.368. The summed E-state index contributed by atoms with van der Waals surface area (Å²) < 4.78 is 0. The lowest BCUT2D eigenvalue weighted by molar-refractivity contribution is 0.102. The van der Waals surface area contributed by atoms with Gasteiger partial charge < -0.3 is 26.6 Å². The number of anilines is 4. The zero-order chi connectivity index (χ0) is 22.9. The molecule has 0 heterocycles. The fourth-order valence-electron chi connectivity index (χ4n) is 2.86. The monoisotopic (exact) mass is 431 g/mol. The molecule has 0 bridgehead atoms. The van der Waals surface area contributed by atoms with E-state index in [2.05, 4.69) is 26.6 Å². The van der Waals surface area contributed by atoms with Crippen LogP contribution in [0.1, 0.15) is 24.2 Å². The molecule has 0 aliphatic heterocycles. The third kappa shape index (κ3) is 6.60. The Morgan fingerprint density at radius 2 is 1.12 bits per heavy atom. The van der Waals surface area contributed by atoms with Crippen molar-refractivity contribution in [1.82, 2.24) is 5.32 Å². The third-order valence-electron chi connectivity index (χ3n) is 4.27. The van der Waals surface area contributed by atoms with Crippen LogP contribution in [0.2, 0.25) is 0 Å². The summed E-state index contributed by atoms with van der Waals surface area (Å²) in [5.41, 5.74) is 2.53. The first-order valence-corrected chi connectivity index (χ1v) is 10.1. The summed E-state index contributed by atoms with van der Waals surface area (Å²) in [6.45, 7) is 3.70. The molecule has 3 rings (SSSR count). The first-order chi connectivity index (χ1) is 15.4. The van der Waals surface area contributed by atoms with Gasteiger partial charge in [-0.3, -0.25) is 4.79 Å². The number of carbonyl (C=O) groups is 3. The highest BCUT2D eigenvalue weighted by atomic mass is 16.2. The first-order valence-electron chi connectivity index (χ1n) is 10.1. The average molecular weight is 431 g/mol. The van der Waals surface area contributed by atoms with Gasteiger partial charge in [-0.2, -0.15) is 0 Å². The topological polar surface area (TPSA) is 111 Å². The lowest BCUT2D eigenvalue weighted by atomic mass is 10.1. The molecule has 0 aromatic heterocycles. The van der Waals surface area contributed by atoms with E-state index in [0.29, 0.717) is 28.3 Å². The van der Waals surface area contributed by atoms with Gasteiger partial charge in [0.25, 0.3) is 5.91 Å². The minimum atomic E-state index is -0.385.